The van der Waals surface area contributed by atoms with Crippen LogP contribution in [0.3, 0.4) is 0 Å². The number of nitrogens with one attached hydrogen (secondary N) is 1. The van der Waals surface area contributed by atoms with E-state index in [0.717, 1.165) is 17.4 Å². The first-order chi connectivity index (χ1) is 17.9. The van der Waals surface area contributed by atoms with Gasteiger partial charge in [0.15, 0.2) is 5.56 Å². The smallest absolute Gasteiger partial charge is 0.270 e. The van der Waals surface area contributed by atoms with Gasteiger partial charge in [-0.1, -0.05) is 13.8 Å². The van der Waals surface area contributed by atoms with Crippen LogP contribution in [-0.2, 0) is 11.3 Å². The third-order valence-electron chi connectivity index (χ3n) is 7.53. The lowest BCUT2D eigenvalue weighted by atomic mass is 9.86. The summed E-state index contributed by atoms with van der Waals surface area (Å²) in [5, 5.41) is 17.8. The predicted octanol–water partition coefficient (Wildman–Crippen LogP) is 2.09. The summed E-state index contributed by atoms with van der Waals surface area (Å²) in [6.45, 7) is 7.54. The quantitative estimate of drug-likeness (QED) is 0.529. The summed E-state index contributed by atoms with van der Waals surface area (Å²) in [6.07, 6.45) is 5.81. The molecule has 3 aliphatic rings. The molecule has 2 N–H and O–H groups in total. The van der Waals surface area contributed by atoms with Crippen molar-refractivity contribution in [2.24, 2.45) is 5.92 Å². The van der Waals surface area contributed by atoms with Crippen molar-refractivity contribution in [3.05, 3.63) is 33.8 Å². The fourth-order valence-electron chi connectivity index (χ4n) is 5.34. The number of amides is 2. The molecule has 2 saturated carbocycles. The monoisotopic (exact) mass is 532 g/mol. The Morgan fingerprint density at radius 3 is 2.58 bits per heavy atom. The number of alkyl halides is 2. The van der Waals surface area contributed by atoms with E-state index < -0.39 is 23.3 Å². The Balaban J connectivity index is 1.38. The Bertz CT molecular complexity index is 1340. The number of carbonyl (C=O) groups excluding carboxylic acids is 2. The molecule has 1 unspecified atom stereocenters. The van der Waals surface area contributed by atoms with Gasteiger partial charge in [-0.25, -0.2) is 8.78 Å². The second-order valence-corrected chi connectivity index (χ2v) is 11.2. The lowest BCUT2D eigenvalue weighted by molar-refractivity contribution is -0.143. The highest BCUT2D eigenvalue weighted by atomic mass is 19.3. The first kappa shape index (κ1) is 26.3. The number of hydrogen-bond acceptors (Lipinski definition) is 6. The van der Waals surface area contributed by atoms with Crippen LogP contribution in [0.25, 0.3) is 11.7 Å². The zero-order chi connectivity index (χ0) is 27.4. The highest BCUT2D eigenvalue weighted by Gasteiger charge is 2.48. The van der Waals surface area contributed by atoms with Gasteiger partial charge in [-0.3, -0.25) is 23.9 Å². The summed E-state index contributed by atoms with van der Waals surface area (Å²) >= 11 is 0. The Morgan fingerprint density at radius 2 is 1.97 bits per heavy atom. The Hall–Kier alpha value is -3.28. The van der Waals surface area contributed by atoms with Crippen LogP contribution in [-0.4, -0.2) is 84.6 Å². The van der Waals surface area contributed by atoms with Gasteiger partial charge in [0.2, 0.25) is 11.8 Å². The molecule has 1 saturated heterocycles. The molecule has 1 aliphatic heterocycles. The second-order valence-electron chi connectivity index (χ2n) is 11.2. The zero-order valence-electron chi connectivity index (χ0n) is 21.9. The molecule has 0 bridgehead atoms. The maximum atomic E-state index is 13.4. The van der Waals surface area contributed by atoms with Crippen LogP contribution in [0.5, 0.6) is 5.88 Å². The van der Waals surface area contributed by atoms with Gasteiger partial charge in [-0.2, -0.15) is 9.61 Å². The van der Waals surface area contributed by atoms with Crippen LogP contribution in [0.4, 0.5) is 8.78 Å². The van der Waals surface area contributed by atoms with Crippen molar-refractivity contribution in [2.45, 2.75) is 77.0 Å². The highest BCUT2D eigenvalue weighted by Crippen LogP contribution is 2.41. The molecule has 0 spiro atoms. The first-order valence-electron chi connectivity index (χ1n) is 13.2. The van der Waals surface area contributed by atoms with E-state index in [1.54, 1.807) is 11.0 Å². The number of carbonyl (C=O) groups is 2. The Kier molecular flexibility index (Phi) is 6.79. The van der Waals surface area contributed by atoms with Crippen LogP contribution in [0.1, 0.15) is 62.4 Å². The normalized spacial score (nSPS) is 22.4. The topological polar surface area (TPSA) is 112 Å². The van der Waals surface area contributed by atoms with Crippen LogP contribution >= 0.6 is 0 Å². The number of nitrogens with zero attached hydrogens (tertiary/aromatic N) is 5. The fourth-order valence-corrected chi connectivity index (χ4v) is 5.34. The number of hydrogen-bond donors (Lipinski definition) is 2. The number of fused-ring (bicyclic) bond motifs is 1. The maximum absolute atomic E-state index is 13.4. The van der Waals surface area contributed by atoms with E-state index in [1.165, 1.54) is 16.8 Å². The summed E-state index contributed by atoms with van der Waals surface area (Å²) in [4.78, 5) is 42.9. The van der Waals surface area contributed by atoms with Crippen molar-refractivity contribution in [1.29, 1.82) is 0 Å². The van der Waals surface area contributed by atoms with Gasteiger partial charge in [-0.15, -0.1) is 0 Å². The van der Waals surface area contributed by atoms with Crippen molar-refractivity contribution >= 4 is 23.5 Å². The third kappa shape index (κ3) is 5.05. The Morgan fingerprint density at radius 1 is 1.26 bits per heavy atom. The SMILES string of the molecule is CC(C)Cn1c(=O)c(C(=O)NC2CC2)c(O)n2ncc(C=CC(=O)N3CCN(C4CC(F)(F)C4)CC3C)c12. The molecule has 5 rings (SSSR count). The lowest BCUT2D eigenvalue weighted by Gasteiger charge is -2.48. The summed E-state index contributed by atoms with van der Waals surface area (Å²) in [7, 11) is 0. The molecule has 206 valence electrons. The van der Waals surface area contributed by atoms with E-state index in [4.69, 9.17) is 0 Å². The van der Waals surface area contributed by atoms with Crippen molar-refractivity contribution in [3.8, 4) is 5.88 Å². The lowest BCUT2D eigenvalue weighted by Crippen LogP contribution is -2.60. The third-order valence-corrected chi connectivity index (χ3v) is 7.53. The van der Waals surface area contributed by atoms with Crippen LogP contribution in [0.15, 0.2) is 17.1 Å². The average molecular weight is 533 g/mol. The molecule has 2 amide bonds. The largest absolute Gasteiger partial charge is 0.492 e. The molecule has 3 fully saturated rings. The van der Waals surface area contributed by atoms with Crippen molar-refractivity contribution < 1.29 is 23.5 Å². The molecule has 1 atom stereocenters. The van der Waals surface area contributed by atoms with E-state index in [9.17, 15) is 28.3 Å². The summed E-state index contributed by atoms with van der Waals surface area (Å²) < 4.78 is 29.2. The fraction of sp³-hybridized carbons (Fsp3) is 0.615. The minimum Gasteiger partial charge on any atom is -0.492 e. The number of aromatic hydroxyl groups is 1. The first-order valence-corrected chi connectivity index (χ1v) is 13.2. The predicted molar refractivity (Wildman–Crippen MR) is 136 cm³/mol. The van der Waals surface area contributed by atoms with E-state index in [2.05, 4.69) is 10.4 Å². The van der Waals surface area contributed by atoms with E-state index in [1.807, 2.05) is 25.7 Å². The van der Waals surface area contributed by atoms with Crippen LogP contribution < -0.4 is 10.9 Å². The number of rotatable bonds is 7. The van der Waals surface area contributed by atoms with E-state index in [-0.39, 0.29) is 60.5 Å². The van der Waals surface area contributed by atoms with Gasteiger partial charge in [0.1, 0.15) is 5.65 Å². The summed E-state index contributed by atoms with van der Waals surface area (Å²) in [6, 6.07) is -0.271. The van der Waals surface area contributed by atoms with E-state index >= 15 is 0 Å². The van der Waals surface area contributed by atoms with Crippen molar-refractivity contribution in [2.75, 3.05) is 19.6 Å². The number of aromatic nitrogens is 3. The van der Waals surface area contributed by atoms with E-state index in [0.29, 0.717) is 25.2 Å². The zero-order valence-corrected chi connectivity index (χ0v) is 21.9. The van der Waals surface area contributed by atoms with Gasteiger partial charge in [0.05, 0.1) is 6.20 Å². The average Bonchev–Trinajstić information content (AvgIpc) is 3.53. The molecule has 3 heterocycles. The summed E-state index contributed by atoms with van der Waals surface area (Å²) in [5.41, 5.74) is -0.231. The number of piperazine rings is 1. The molecule has 38 heavy (non-hydrogen) atoms. The minimum absolute atomic E-state index is 0.0107. The second kappa shape index (κ2) is 9.79. The van der Waals surface area contributed by atoms with Gasteiger partial charge in [0.25, 0.3) is 17.4 Å². The molecule has 2 aromatic rings. The molecular weight excluding hydrogens is 498 g/mol. The molecule has 2 aromatic heterocycles. The molecule has 12 heteroatoms. The minimum atomic E-state index is -2.58. The van der Waals surface area contributed by atoms with Gasteiger partial charge >= 0.3 is 0 Å². The molecular formula is C26H34F2N6O4. The molecule has 0 radical (unpaired) electrons. The van der Waals surface area contributed by atoms with Gasteiger partial charge in [-0.05, 0) is 31.8 Å². The molecule has 2 aliphatic carbocycles. The molecule has 0 aromatic carbocycles. The number of halogens is 2. The van der Waals surface area contributed by atoms with Crippen LogP contribution in [0, 0.1) is 5.92 Å². The van der Waals surface area contributed by atoms with Crippen LogP contribution in [0.2, 0.25) is 0 Å². The highest BCUT2D eigenvalue weighted by molar-refractivity contribution is 5.97. The van der Waals surface area contributed by atoms with Crippen molar-refractivity contribution in [3.63, 3.8) is 0 Å². The summed E-state index contributed by atoms with van der Waals surface area (Å²) in [5.74, 6) is -3.93. The Labute approximate surface area is 218 Å². The van der Waals surface area contributed by atoms with Gasteiger partial charge in [0, 0.05) is 68.8 Å². The van der Waals surface area contributed by atoms with Crippen molar-refractivity contribution in [1.82, 2.24) is 29.3 Å². The standard InChI is InChI=1S/C26H34F2N6O4/c1-15(2)13-33-23-17(12-29-34(23)25(38)21(24(33)37)22(36)30-18-5-6-18)4-7-20(35)32-9-8-31(14-16(32)3)19-10-26(27,28)11-19/h4,7,12,15-16,18-19,38H,5-6,8-11,13-14H2,1-3H3,(H,30,36). The van der Waals surface area contributed by atoms with Gasteiger partial charge < -0.3 is 15.3 Å². The maximum Gasteiger partial charge on any atom is 0.270 e. The molecule has 10 nitrogen and oxygen atoms in total.